The third-order valence-electron chi connectivity index (χ3n) is 4.12. The summed E-state index contributed by atoms with van der Waals surface area (Å²) >= 11 is 0. The van der Waals surface area contributed by atoms with Gasteiger partial charge < -0.3 is 9.47 Å². The first-order valence-corrected chi connectivity index (χ1v) is 11.0. The van der Waals surface area contributed by atoms with E-state index in [1.807, 2.05) is 77.9 Å². The Labute approximate surface area is 182 Å². The van der Waals surface area contributed by atoms with Gasteiger partial charge in [-0.05, 0) is 65.3 Å². The van der Waals surface area contributed by atoms with Gasteiger partial charge in [0.25, 0.3) is 0 Å². The zero-order chi connectivity index (χ0) is 22.5. The van der Waals surface area contributed by atoms with Crippen molar-refractivity contribution in [3.63, 3.8) is 0 Å². The zero-order valence-corrected chi connectivity index (χ0v) is 19.6. The van der Waals surface area contributed by atoms with Gasteiger partial charge in [-0.15, -0.1) is 0 Å². The summed E-state index contributed by atoms with van der Waals surface area (Å²) in [6, 6.07) is 14.6. The van der Waals surface area contributed by atoms with E-state index >= 15 is 0 Å². The Bertz CT molecular complexity index is 886. The number of methoxy groups -OCH3 is 1. The highest BCUT2D eigenvalue weighted by Crippen LogP contribution is 2.33. The molecule has 0 bridgehead atoms. The molecule has 164 valence electrons. The minimum atomic E-state index is -1.35. The van der Waals surface area contributed by atoms with Crippen LogP contribution in [0.15, 0.2) is 48.5 Å². The molecule has 2 aromatic rings. The van der Waals surface area contributed by atoms with E-state index in [2.05, 4.69) is 10.0 Å². The van der Waals surface area contributed by atoms with Crippen LogP contribution in [0.1, 0.15) is 58.7 Å². The number of amides is 1. The van der Waals surface area contributed by atoms with Crippen LogP contribution >= 0.6 is 0 Å². The van der Waals surface area contributed by atoms with Gasteiger partial charge in [0.2, 0.25) is 0 Å². The summed E-state index contributed by atoms with van der Waals surface area (Å²) in [7, 11) is 0.233. The predicted molar refractivity (Wildman–Crippen MR) is 122 cm³/mol. The number of rotatable bonds is 6. The van der Waals surface area contributed by atoms with Gasteiger partial charge in [-0.2, -0.15) is 0 Å². The number of nitrogens with one attached hydrogen (secondary N) is 2. The van der Waals surface area contributed by atoms with Gasteiger partial charge in [-0.25, -0.2) is 13.7 Å². The van der Waals surface area contributed by atoms with E-state index in [-0.39, 0.29) is 0 Å². The lowest BCUT2D eigenvalue weighted by atomic mass is 9.97. The lowest BCUT2D eigenvalue weighted by Gasteiger charge is -2.27. The van der Waals surface area contributed by atoms with Crippen LogP contribution in [0.2, 0.25) is 0 Å². The van der Waals surface area contributed by atoms with Crippen LogP contribution in [0, 0.1) is 0 Å². The number of ether oxygens (including phenoxy) is 2. The molecule has 0 spiro atoms. The monoisotopic (exact) mass is 432 g/mol. The second-order valence-corrected chi connectivity index (χ2v) is 10.9. The fourth-order valence-electron chi connectivity index (χ4n) is 2.67. The maximum absolute atomic E-state index is 13.0. The van der Waals surface area contributed by atoms with E-state index in [9.17, 15) is 9.00 Å². The molecule has 0 aromatic heterocycles. The van der Waals surface area contributed by atoms with Gasteiger partial charge in [0.05, 0.1) is 28.9 Å². The maximum atomic E-state index is 13.0. The highest BCUT2D eigenvalue weighted by molar-refractivity contribution is 7.84. The molecule has 2 N–H and O–H groups in total. The molecule has 0 saturated carbocycles. The summed E-state index contributed by atoms with van der Waals surface area (Å²) in [6.45, 7) is 11.1. The van der Waals surface area contributed by atoms with Crippen molar-refractivity contribution in [2.24, 2.45) is 0 Å². The average molecular weight is 433 g/mol. The first-order valence-electron chi connectivity index (χ1n) is 9.81. The molecule has 1 amide bonds. The molecule has 0 fully saturated rings. The molecule has 2 unspecified atom stereocenters. The van der Waals surface area contributed by atoms with Crippen LogP contribution in [0.5, 0.6) is 5.75 Å². The lowest BCUT2D eigenvalue weighted by Crippen LogP contribution is -2.36. The van der Waals surface area contributed by atoms with Crippen molar-refractivity contribution >= 4 is 22.8 Å². The smallest absolute Gasteiger partial charge is 0.412 e. The van der Waals surface area contributed by atoms with Gasteiger partial charge in [0.15, 0.2) is 0 Å². The van der Waals surface area contributed by atoms with Crippen LogP contribution in [0.25, 0.3) is 0 Å². The Kier molecular flexibility index (Phi) is 7.66. The quantitative estimate of drug-likeness (QED) is 0.659. The van der Waals surface area contributed by atoms with E-state index in [1.54, 1.807) is 19.2 Å². The number of carbonyl (C=O) groups is 1. The van der Waals surface area contributed by atoms with Crippen LogP contribution in [0.4, 0.5) is 10.5 Å². The molecular formula is C23H32N2O4S. The first kappa shape index (κ1) is 23.9. The van der Waals surface area contributed by atoms with E-state index < -0.39 is 33.5 Å². The van der Waals surface area contributed by atoms with Crippen LogP contribution in [-0.4, -0.2) is 27.8 Å². The van der Waals surface area contributed by atoms with Crippen molar-refractivity contribution in [3.8, 4) is 5.75 Å². The molecule has 0 radical (unpaired) electrons. The number of benzene rings is 2. The highest BCUT2D eigenvalue weighted by atomic mass is 32.2. The maximum Gasteiger partial charge on any atom is 0.412 e. The largest absolute Gasteiger partial charge is 0.497 e. The Morgan fingerprint density at radius 1 is 1.00 bits per heavy atom. The molecule has 0 aliphatic carbocycles. The summed E-state index contributed by atoms with van der Waals surface area (Å²) < 4.78 is 26.5. The van der Waals surface area contributed by atoms with Crippen LogP contribution < -0.4 is 14.8 Å². The molecule has 2 aromatic carbocycles. The van der Waals surface area contributed by atoms with E-state index in [0.717, 1.165) is 11.1 Å². The standard InChI is InChI=1S/C23H32N2O4S/c1-22(2,3)29-21(26)24-19-14-13-17(28-7)15-18(19)20(16-11-9-8-10-12-16)25-30(27)23(4,5)6/h8-15,20,25H,1-7H3,(H,24,26). The summed E-state index contributed by atoms with van der Waals surface area (Å²) in [4.78, 5) is 12.4. The number of anilines is 1. The van der Waals surface area contributed by atoms with Crippen molar-refractivity contribution in [1.29, 1.82) is 0 Å². The van der Waals surface area contributed by atoms with Gasteiger partial charge in [-0.3, -0.25) is 5.32 Å². The molecular weight excluding hydrogens is 400 g/mol. The second kappa shape index (κ2) is 9.62. The Hall–Kier alpha value is -2.38. The van der Waals surface area contributed by atoms with Crippen molar-refractivity contribution in [2.45, 2.75) is 57.9 Å². The highest BCUT2D eigenvalue weighted by Gasteiger charge is 2.27. The normalized spacial score (nSPS) is 14.0. The molecule has 7 heteroatoms. The van der Waals surface area contributed by atoms with Gasteiger partial charge in [0.1, 0.15) is 11.4 Å². The van der Waals surface area contributed by atoms with Crippen molar-refractivity contribution in [1.82, 2.24) is 4.72 Å². The number of carbonyl (C=O) groups excluding carboxylic acids is 1. The van der Waals surface area contributed by atoms with Gasteiger partial charge >= 0.3 is 6.09 Å². The molecule has 6 nitrogen and oxygen atoms in total. The third-order valence-corrected chi connectivity index (χ3v) is 5.68. The van der Waals surface area contributed by atoms with Gasteiger partial charge in [-0.1, -0.05) is 30.3 Å². The Balaban J connectivity index is 2.52. The summed E-state index contributed by atoms with van der Waals surface area (Å²) in [5, 5.41) is 2.82. The minimum absolute atomic E-state index is 0.439. The Morgan fingerprint density at radius 3 is 2.17 bits per heavy atom. The summed E-state index contributed by atoms with van der Waals surface area (Å²) in [5.74, 6) is 0.629. The van der Waals surface area contributed by atoms with Gasteiger partial charge in [0, 0.05) is 11.3 Å². The number of hydrogen-bond acceptors (Lipinski definition) is 4. The molecule has 2 rings (SSSR count). The fraction of sp³-hybridized carbons (Fsp3) is 0.435. The van der Waals surface area contributed by atoms with E-state index in [0.29, 0.717) is 11.4 Å². The molecule has 0 aliphatic heterocycles. The van der Waals surface area contributed by atoms with Crippen molar-refractivity contribution in [2.75, 3.05) is 12.4 Å². The lowest BCUT2D eigenvalue weighted by molar-refractivity contribution is 0.0635. The molecule has 0 saturated heterocycles. The molecule has 0 heterocycles. The SMILES string of the molecule is COc1ccc(NC(=O)OC(C)(C)C)c(C(NS(=O)C(C)(C)C)c2ccccc2)c1. The van der Waals surface area contributed by atoms with E-state index in [1.165, 1.54) is 0 Å². The Morgan fingerprint density at radius 2 is 1.63 bits per heavy atom. The van der Waals surface area contributed by atoms with Crippen molar-refractivity contribution in [3.05, 3.63) is 59.7 Å². The third kappa shape index (κ3) is 6.85. The second-order valence-electron chi connectivity index (χ2n) is 8.92. The minimum Gasteiger partial charge on any atom is -0.497 e. The van der Waals surface area contributed by atoms with Crippen LogP contribution in [0.3, 0.4) is 0 Å². The summed E-state index contributed by atoms with van der Waals surface area (Å²) in [5.41, 5.74) is 1.57. The molecule has 30 heavy (non-hydrogen) atoms. The average Bonchev–Trinajstić information content (AvgIpc) is 2.64. The molecule has 0 aliphatic rings. The fourth-order valence-corrected chi connectivity index (χ4v) is 3.51. The topological polar surface area (TPSA) is 76.7 Å². The summed E-state index contributed by atoms with van der Waals surface area (Å²) in [6.07, 6.45) is -0.558. The first-order chi connectivity index (χ1) is 13.9. The molecule has 2 atom stereocenters. The van der Waals surface area contributed by atoms with Crippen molar-refractivity contribution < 1.29 is 18.5 Å². The zero-order valence-electron chi connectivity index (χ0n) is 18.7. The predicted octanol–water partition coefficient (Wildman–Crippen LogP) is 5.18. The van der Waals surface area contributed by atoms with Crippen LogP contribution in [-0.2, 0) is 15.7 Å². The number of hydrogen-bond donors (Lipinski definition) is 2. The van der Waals surface area contributed by atoms with E-state index in [4.69, 9.17) is 9.47 Å².